The van der Waals surface area contributed by atoms with Gasteiger partial charge in [0.05, 0.1) is 30.8 Å². The maximum absolute atomic E-state index is 5.57. The van der Waals surface area contributed by atoms with Crippen LogP contribution in [0.25, 0.3) is 34.0 Å². The summed E-state index contributed by atoms with van der Waals surface area (Å²) in [6.07, 6.45) is 5.73. The zero-order valence-electron chi connectivity index (χ0n) is 18.6. The lowest BCUT2D eigenvalue weighted by Gasteiger charge is -2.29. The smallest absolute Gasteiger partial charge is 0.160 e. The normalized spacial score (nSPS) is 14.3. The minimum Gasteiger partial charge on any atom is -0.378 e. The van der Waals surface area contributed by atoms with Crippen LogP contribution in [-0.4, -0.2) is 60.5 Å². The lowest BCUT2D eigenvalue weighted by atomic mass is 10.1. The minimum absolute atomic E-state index is 0.690. The summed E-state index contributed by atoms with van der Waals surface area (Å²) in [7, 11) is 1.90. The van der Waals surface area contributed by atoms with Crippen LogP contribution in [0.4, 0.5) is 5.82 Å². The molecular weight excluding hydrogens is 416 g/mol. The second kappa shape index (κ2) is 7.86. The number of hydrogen-bond donors (Lipinski definition) is 0. The fraction of sp³-hybridized carbons (Fsp3) is 0.250. The number of ether oxygens (including phenoxy) is 1. The number of aryl methyl sites for hydroxylation is 2. The maximum atomic E-state index is 5.57. The van der Waals surface area contributed by atoms with Crippen molar-refractivity contribution in [2.24, 2.45) is 7.05 Å². The average Bonchev–Trinajstić information content (AvgIpc) is 3.58. The summed E-state index contributed by atoms with van der Waals surface area (Å²) in [4.78, 5) is 7.18. The highest BCUT2D eigenvalue weighted by molar-refractivity contribution is 5.66. The molecule has 5 heterocycles. The zero-order chi connectivity index (χ0) is 22.4. The first-order valence-electron chi connectivity index (χ1n) is 11.0. The number of rotatable bonds is 4. The molecular formula is C24H24N8O. The van der Waals surface area contributed by atoms with E-state index in [0.29, 0.717) is 13.2 Å². The monoisotopic (exact) mass is 440 g/mol. The molecule has 0 amide bonds. The lowest BCUT2D eigenvalue weighted by molar-refractivity contribution is 0.122. The molecule has 1 saturated heterocycles. The molecule has 9 nitrogen and oxygen atoms in total. The highest BCUT2D eigenvalue weighted by atomic mass is 16.5. The largest absolute Gasteiger partial charge is 0.378 e. The molecule has 0 atom stereocenters. The standard InChI is InChI=1S/C24H24N8O/c1-17-4-3-5-18(12-17)20-6-7-31(27-20)22-14-24(30-8-10-33-11-9-30)32-23(26-22)13-21(28-32)19-15-25-29(2)16-19/h3-7,12-16H,8-11H2,1-2H3. The number of anilines is 1. The van der Waals surface area contributed by atoms with E-state index >= 15 is 0 Å². The van der Waals surface area contributed by atoms with E-state index in [1.54, 1.807) is 4.68 Å². The van der Waals surface area contributed by atoms with Gasteiger partial charge in [-0.05, 0) is 19.1 Å². The lowest BCUT2D eigenvalue weighted by Crippen LogP contribution is -2.37. The molecule has 9 heteroatoms. The second-order valence-corrected chi connectivity index (χ2v) is 8.29. The Labute approximate surface area is 190 Å². The Hall–Kier alpha value is -3.98. The summed E-state index contributed by atoms with van der Waals surface area (Å²) in [5.41, 5.74) is 5.77. The van der Waals surface area contributed by atoms with E-state index in [1.165, 1.54) is 5.56 Å². The maximum Gasteiger partial charge on any atom is 0.160 e. The van der Waals surface area contributed by atoms with Gasteiger partial charge in [-0.25, -0.2) is 9.67 Å². The molecule has 6 rings (SSSR count). The number of fused-ring (bicyclic) bond motifs is 1. The molecule has 0 saturated carbocycles. The number of benzene rings is 1. The van der Waals surface area contributed by atoms with Crippen LogP contribution in [0.15, 0.2) is 61.1 Å². The van der Waals surface area contributed by atoms with Crippen LogP contribution in [-0.2, 0) is 11.8 Å². The first-order valence-corrected chi connectivity index (χ1v) is 11.0. The van der Waals surface area contributed by atoms with Gasteiger partial charge in [-0.3, -0.25) is 4.68 Å². The summed E-state index contributed by atoms with van der Waals surface area (Å²) < 4.78 is 11.1. The Morgan fingerprint density at radius 3 is 2.61 bits per heavy atom. The van der Waals surface area contributed by atoms with Crippen LogP contribution >= 0.6 is 0 Å². The van der Waals surface area contributed by atoms with Gasteiger partial charge in [0.1, 0.15) is 5.82 Å². The van der Waals surface area contributed by atoms with Gasteiger partial charge in [-0.2, -0.15) is 19.8 Å². The summed E-state index contributed by atoms with van der Waals surface area (Å²) in [5.74, 6) is 1.72. The van der Waals surface area contributed by atoms with Crippen LogP contribution in [0.1, 0.15) is 5.56 Å². The van der Waals surface area contributed by atoms with E-state index in [9.17, 15) is 0 Å². The molecule has 4 aromatic heterocycles. The molecule has 0 aliphatic carbocycles. The second-order valence-electron chi connectivity index (χ2n) is 8.29. The Morgan fingerprint density at radius 2 is 1.82 bits per heavy atom. The van der Waals surface area contributed by atoms with Crippen molar-refractivity contribution < 1.29 is 4.74 Å². The van der Waals surface area contributed by atoms with E-state index in [2.05, 4.69) is 41.2 Å². The van der Waals surface area contributed by atoms with Crippen molar-refractivity contribution in [1.82, 2.24) is 34.2 Å². The summed E-state index contributed by atoms with van der Waals surface area (Å²) >= 11 is 0. The van der Waals surface area contributed by atoms with Crippen molar-refractivity contribution in [2.75, 3.05) is 31.2 Å². The molecule has 0 bridgehead atoms. The highest BCUT2D eigenvalue weighted by Gasteiger charge is 2.19. The number of nitrogens with zero attached hydrogens (tertiary/aromatic N) is 8. The molecule has 1 aliphatic rings. The van der Waals surface area contributed by atoms with Gasteiger partial charge in [0.2, 0.25) is 0 Å². The van der Waals surface area contributed by atoms with Crippen LogP contribution in [0, 0.1) is 6.92 Å². The molecule has 0 unspecified atom stereocenters. The zero-order valence-corrected chi connectivity index (χ0v) is 18.6. The van der Waals surface area contributed by atoms with Gasteiger partial charge < -0.3 is 9.64 Å². The molecule has 166 valence electrons. The van der Waals surface area contributed by atoms with Crippen molar-refractivity contribution in [3.63, 3.8) is 0 Å². The number of morpholine rings is 1. The third-order valence-corrected chi connectivity index (χ3v) is 5.87. The van der Waals surface area contributed by atoms with Crippen molar-refractivity contribution in [1.29, 1.82) is 0 Å². The Balaban J connectivity index is 1.47. The number of aromatic nitrogens is 7. The van der Waals surface area contributed by atoms with Crippen molar-refractivity contribution >= 4 is 11.5 Å². The van der Waals surface area contributed by atoms with E-state index in [0.717, 1.165) is 52.9 Å². The minimum atomic E-state index is 0.690. The fourth-order valence-electron chi connectivity index (χ4n) is 4.19. The predicted octanol–water partition coefficient (Wildman–Crippen LogP) is 3.13. The molecule has 0 N–H and O–H groups in total. The topological polar surface area (TPSA) is 78.3 Å². The van der Waals surface area contributed by atoms with Gasteiger partial charge >= 0.3 is 0 Å². The predicted molar refractivity (Wildman–Crippen MR) is 126 cm³/mol. The van der Waals surface area contributed by atoms with E-state index in [4.69, 9.17) is 19.9 Å². The van der Waals surface area contributed by atoms with Gasteiger partial charge in [-0.15, -0.1) is 0 Å². The molecule has 33 heavy (non-hydrogen) atoms. The van der Waals surface area contributed by atoms with Crippen LogP contribution < -0.4 is 4.90 Å². The van der Waals surface area contributed by atoms with Crippen molar-refractivity contribution in [2.45, 2.75) is 6.92 Å². The Kier molecular flexibility index (Phi) is 4.69. The van der Waals surface area contributed by atoms with Crippen LogP contribution in [0.2, 0.25) is 0 Å². The Morgan fingerprint density at radius 1 is 0.939 bits per heavy atom. The van der Waals surface area contributed by atoms with Crippen LogP contribution in [0.5, 0.6) is 0 Å². The fourth-order valence-corrected chi connectivity index (χ4v) is 4.19. The van der Waals surface area contributed by atoms with E-state index in [-0.39, 0.29) is 0 Å². The third kappa shape index (κ3) is 3.66. The van der Waals surface area contributed by atoms with E-state index in [1.807, 2.05) is 53.0 Å². The first-order chi connectivity index (χ1) is 16.1. The molecule has 5 aromatic rings. The third-order valence-electron chi connectivity index (χ3n) is 5.87. The Bertz CT molecular complexity index is 1440. The van der Waals surface area contributed by atoms with Gasteiger partial charge in [-0.1, -0.05) is 23.8 Å². The summed E-state index contributed by atoms with van der Waals surface area (Å²) in [6.45, 7) is 5.07. The first kappa shape index (κ1) is 19.7. The molecule has 1 fully saturated rings. The van der Waals surface area contributed by atoms with E-state index < -0.39 is 0 Å². The summed E-state index contributed by atoms with van der Waals surface area (Å²) in [5, 5.41) is 14.0. The van der Waals surface area contributed by atoms with Crippen molar-refractivity contribution in [3.05, 3.63) is 66.6 Å². The van der Waals surface area contributed by atoms with Gasteiger partial charge in [0.15, 0.2) is 11.5 Å². The van der Waals surface area contributed by atoms with Crippen molar-refractivity contribution in [3.8, 4) is 28.3 Å². The SMILES string of the molecule is Cc1cccc(-c2ccn(-c3cc(N4CCOCC4)n4nc(-c5cnn(C)c5)cc4n3)n2)c1. The highest BCUT2D eigenvalue weighted by Crippen LogP contribution is 2.26. The molecule has 1 aliphatic heterocycles. The van der Waals surface area contributed by atoms with Crippen LogP contribution in [0.3, 0.4) is 0 Å². The number of hydrogen-bond acceptors (Lipinski definition) is 6. The quantitative estimate of drug-likeness (QED) is 0.427. The average molecular weight is 441 g/mol. The molecule has 0 radical (unpaired) electrons. The van der Waals surface area contributed by atoms with Gasteiger partial charge in [0, 0.05) is 55.8 Å². The molecule has 0 spiro atoms. The summed E-state index contributed by atoms with van der Waals surface area (Å²) in [6, 6.07) is 14.4. The van der Waals surface area contributed by atoms with Gasteiger partial charge in [0.25, 0.3) is 0 Å². The molecule has 1 aromatic carbocycles.